The molecule has 0 aliphatic rings. The van der Waals surface area contributed by atoms with E-state index in [-0.39, 0.29) is 5.78 Å². The fourth-order valence-corrected chi connectivity index (χ4v) is 3.31. The Balaban J connectivity index is 2.21. The highest BCUT2D eigenvalue weighted by Crippen LogP contribution is 2.29. The van der Waals surface area contributed by atoms with Crippen LogP contribution in [-0.4, -0.2) is 5.78 Å². The average molecular weight is 360 g/mol. The minimum atomic E-state index is -0.00487. The molecule has 0 aliphatic heterocycles. The van der Waals surface area contributed by atoms with Crippen LogP contribution in [0.25, 0.3) is 10.8 Å². The van der Waals surface area contributed by atoms with E-state index in [1.807, 2.05) is 49.4 Å². The predicted molar refractivity (Wildman–Crippen MR) is 91.3 cm³/mol. The van der Waals surface area contributed by atoms with Crippen molar-refractivity contribution in [1.82, 2.24) is 0 Å². The Morgan fingerprint density at radius 3 is 2.33 bits per heavy atom. The molecule has 0 unspecified atom stereocenters. The first kappa shape index (κ1) is 14.3. The number of aryl methyl sites for hydroxylation is 1. The predicted octanol–water partition coefficient (Wildman–Crippen LogP) is 5.80. The summed E-state index contributed by atoms with van der Waals surface area (Å²) in [5, 5.41) is 2.43. The van der Waals surface area contributed by atoms with Crippen LogP contribution in [0.1, 0.15) is 21.5 Å². The summed E-state index contributed by atoms with van der Waals surface area (Å²) in [6.07, 6.45) is 0. The Hall–Kier alpha value is -1.64. The van der Waals surface area contributed by atoms with Gasteiger partial charge in [0.05, 0.1) is 0 Å². The van der Waals surface area contributed by atoms with Crippen molar-refractivity contribution in [2.24, 2.45) is 0 Å². The highest BCUT2D eigenvalue weighted by molar-refractivity contribution is 9.10. The van der Waals surface area contributed by atoms with Crippen molar-refractivity contribution in [3.63, 3.8) is 0 Å². The van der Waals surface area contributed by atoms with Crippen molar-refractivity contribution in [3.05, 3.63) is 80.8 Å². The fourth-order valence-electron chi connectivity index (χ4n) is 2.41. The molecule has 0 radical (unpaired) electrons. The van der Waals surface area contributed by atoms with Crippen molar-refractivity contribution in [3.8, 4) is 0 Å². The lowest BCUT2D eigenvalue weighted by Crippen LogP contribution is -2.03. The summed E-state index contributed by atoms with van der Waals surface area (Å²) >= 11 is 9.69. The van der Waals surface area contributed by atoms with E-state index in [0.29, 0.717) is 16.1 Å². The van der Waals surface area contributed by atoms with E-state index in [2.05, 4.69) is 15.9 Å². The van der Waals surface area contributed by atoms with Gasteiger partial charge in [-0.25, -0.2) is 0 Å². The zero-order chi connectivity index (χ0) is 15.0. The Morgan fingerprint density at radius 2 is 1.62 bits per heavy atom. The molecule has 0 fully saturated rings. The second kappa shape index (κ2) is 5.63. The van der Waals surface area contributed by atoms with Gasteiger partial charge in [-0.15, -0.1) is 0 Å². The van der Waals surface area contributed by atoms with E-state index in [9.17, 15) is 4.79 Å². The second-order valence-electron chi connectivity index (χ2n) is 4.95. The number of fused-ring (bicyclic) bond motifs is 1. The molecule has 0 heterocycles. The maximum absolute atomic E-state index is 12.8. The molecule has 0 bridgehead atoms. The molecule has 3 heteroatoms. The van der Waals surface area contributed by atoms with E-state index in [4.69, 9.17) is 11.6 Å². The lowest BCUT2D eigenvalue weighted by Gasteiger charge is -2.09. The van der Waals surface area contributed by atoms with Crippen molar-refractivity contribution in [2.45, 2.75) is 6.92 Å². The van der Waals surface area contributed by atoms with E-state index in [1.54, 1.807) is 12.1 Å². The van der Waals surface area contributed by atoms with Gasteiger partial charge in [-0.05, 0) is 42.1 Å². The number of rotatable bonds is 2. The molecule has 0 spiro atoms. The second-order valence-corrected chi connectivity index (χ2v) is 6.21. The topological polar surface area (TPSA) is 17.1 Å². The maximum Gasteiger partial charge on any atom is 0.194 e. The summed E-state index contributed by atoms with van der Waals surface area (Å²) in [5.41, 5.74) is 2.44. The number of halogens is 2. The number of benzene rings is 3. The summed E-state index contributed by atoms with van der Waals surface area (Å²) in [5.74, 6) is -0.00487. The van der Waals surface area contributed by atoms with Crippen LogP contribution >= 0.6 is 27.5 Å². The van der Waals surface area contributed by atoms with Crippen molar-refractivity contribution >= 4 is 44.1 Å². The van der Waals surface area contributed by atoms with Gasteiger partial charge in [-0.2, -0.15) is 0 Å². The van der Waals surface area contributed by atoms with E-state index < -0.39 is 0 Å². The molecule has 0 aromatic heterocycles. The Kier molecular flexibility index (Phi) is 3.83. The van der Waals surface area contributed by atoms with Gasteiger partial charge in [-0.1, -0.05) is 57.9 Å². The van der Waals surface area contributed by atoms with Gasteiger partial charge < -0.3 is 0 Å². The maximum atomic E-state index is 12.8. The zero-order valence-corrected chi connectivity index (χ0v) is 13.7. The van der Waals surface area contributed by atoms with Gasteiger partial charge in [0.25, 0.3) is 0 Å². The van der Waals surface area contributed by atoms with Crippen molar-refractivity contribution in [2.75, 3.05) is 0 Å². The number of hydrogen-bond donors (Lipinski definition) is 0. The summed E-state index contributed by atoms with van der Waals surface area (Å²) < 4.78 is 0.812. The first-order valence-corrected chi connectivity index (χ1v) is 7.73. The van der Waals surface area contributed by atoms with Gasteiger partial charge in [0.2, 0.25) is 0 Å². The first-order valence-electron chi connectivity index (χ1n) is 6.56. The van der Waals surface area contributed by atoms with Gasteiger partial charge in [0, 0.05) is 26.0 Å². The summed E-state index contributed by atoms with van der Waals surface area (Å²) in [7, 11) is 0. The molecular weight excluding hydrogens is 348 g/mol. The fraction of sp³-hybridized carbons (Fsp3) is 0.0556. The Morgan fingerprint density at radius 1 is 0.952 bits per heavy atom. The van der Waals surface area contributed by atoms with Crippen LogP contribution in [0.2, 0.25) is 5.02 Å². The molecule has 0 amide bonds. The third-order valence-electron chi connectivity index (χ3n) is 3.48. The molecule has 3 aromatic carbocycles. The smallest absolute Gasteiger partial charge is 0.194 e. The summed E-state index contributed by atoms with van der Waals surface area (Å²) in [6, 6.07) is 17.0. The highest BCUT2D eigenvalue weighted by Gasteiger charge is 2.16. The Labute approximate surface area is 136 Å². The zero-order valence-electron chi connectivity index (χ0n) is 11.4. The molecular formula is C18H12BrClO. The van der Waals surface area contributed by atoms with Gasteiger partial charge >= 0.3 is 0 Å². The molecule has 1 nitrogen and oxygen atoms in total. The van der Waals surface area contributed by atoms with E-state index >= 15 is 0 Å². The number of ketones is 1. The molecule has 3 aromatic rings. The number of carbonyl (C=O) groups is 1. The van der Waals surface area contributed by atoms with Crippen LogP contribution in [-0.2, 0) is 0 Å². The van der Waals surface area contributed by atoms with Crippen LogP contribution in [0.15, 0.2) is 59.1 Å². The number of carbonyl (C=O) groups excluding carboxylic acids is 1. The van der Waals surface area contributed by atoms with Crippen LogP contribution in [0.5, 0.6) is 0 Å². The van der Waals surface area contributed by atoms with Crippen LogP contribution in [0.3, 0.4) is 0 Å². The SMILES string of the molecule is Cc1ccc(C(=O)c2ccc(Cl)c3ccccc23)c(Br)c1. The monoisotopic (exact) mass is 358 g/mol. The molecule has 21 heavy (non-hydrogen) atoms. The average Bonchev–Trinajstić information content (AvgIpc) is 2.47. The van der Waals surface area contributed by atoms with E-state index in [1.165, 1.54) is 0 Å². The lowest BCUT2D eigenvalue weighted by atomic mass is 9.97. The molecule has 0 saturated heterocycles. The minimum Gasteiger partial charge on any atom is -0.289 e. The van der Waals surface area contributed by atoms with Gasteiger partial charge in [0.15, 0.2) is 5.78 Å². The van der Waals surface area contributed by atoms with Crippen molar-refractivity contribution < 1.29 is 4.79 Å². The first-order chi connectivity index (χ1) is 10.1. The van der Waals surface area contributed by atoms with Gasteiger partial charge in [0.1, 0.15) is 0 Å². The quantitative estimate of drug-likeness (QED) is 0.529. The molecule has 0 aliphatic carbocycles. The minimum absolute atomic E-state index is 0.00487. The molecule has 3 rings (SSSR count). The van der Waals surface area contributed by atoms with Crippen LogP contribution in [0, 0.1) is 6.92 Å². The standard InChI is InChI=1S/C18H12BrClO/c1-11-6-7-15(16(19)10-11)18(21)14-8-9-17(20)13-5-3-2-4-12(13)14/h2-10H,1H3. The largest absolute Gasteiger partial charge is 0.289 e. The molecule has 0 saturated carbocycles. The molecule has 0 N–H and O–H groups in total. The highest BCUT2D eigenvalue weighted by atomic mass is 79.9. The summed E-state index contributed by atoms with van der Waals surface area (Å²) in [6.45, 7) is 2.00. The van der Waals surface area contributed by atoms with Crippen molar-refractivity contribution in [1.29, 1.82) is 0 Å². The molecule has 104 valence electrons. The Bertz CT molecular complexity index is 855. The van der Waals surface area contributed by atoms with Crippen LogP contribution in [0.4, 0.5) is 0 Å². The third kappa shape index (κ3) is 2.61. The third-order valence-corrected chi connectivity index (χ3v) is 4.47. The number of hydrogen-bond acceptors (Lipinski definition) is 1. The van der Waals surface area contributed by atoms with E-state index in [0.717, 1.165) is 20.8 Å². The van der Waals surface area contributed by atoms with Gasteiger partial charge in [-0.3, -0.25) is 4.79 Å². The normalized spacial score (nSPS) is 10.8. The lowest BCUT2D eigenvalue weighted by molar-refractivity contribution is 0.103. The summed E-state index contributed by atoms with van der Waals surface area (Å²) in [4.78, 5) is 12.8. The molecule has 0 atom stereocenters. The van der Waals surface area contributed by atoms with Crippen LogP contribution < -0.4 is 0 Å².